The number of nitrogens with one attached hydrogen (secondary N) is 1. The van der Waals surface area contributed by atoms with E-state index in [4.69, 9.17) is 0 Å². The van der Waals surface area contributed by atoms with Crippen LogP contribution >= 0.6 is 0 Å². The maximum Gasteiger partial charge on any atom is 0.0774 e. The van der Waals surface area contributed by atoms with E-state index in [0.717, 1.165) is 50.1 Å². The topological polar surface area (TPSA) is 32.3 Å². The van der Waals surface area contributed by atoms with Crippen molar-refractivity contribution in [3.63, 3.8) is 0 Å². The minimum Gasteiger partial charge on any atom is -0.389 e. The molecule has 2 nitrogen and oxygen atoms in total. The molecule has 2 heteroatoms. The molecule has 1 aliphatic heterocycles. The summed E-state index contributed by atoms with van der Waals surface area (Å²) >= 11 is 0. The summed E-state index contributed by atoms with van der Waals surface area (Å²) in [7, 11) is 0. The summed E-state index contributed by atoms with van der Waals surface area (Å²) < 4.78 is 0. The monoisotopic (exact) mass is 209 g/mol. The summed E-state index contributed by atoms with van der Waals surface area (Å²) in [6, 6.07) is 0. The molecule has 4 atom stereocenters. The van der Waals surface area contributed by atoms with Crippen LogP contribution in [0.1, 0.15) is 44.9 Å². The molecule has 0 amide bonds. The van der Waals surface area contributed by atoms with Gasteiger partial charge in [0.15, 0.2) is 0 Å². The Balaban J connectivity index is 1.60. The molecule has 4 unspecified atom stereocenters. The van der Waals surface area contributed by atoms with E-state index >= 15 is 0 Å². The summed E-state index contributed by atoms with van der Waals surface area (Å²) in [5.74, 6) is 2.81. The molecule has 2 bridgehead atoms. The predicted molar refractivity (Wildman–Crippen MR) is 60.6 cm³/mol. The molecule has 0 aromatic heterocycles. The highest BCUT2D eigenvalue weighted by atomic mass is 16.3. The van der Waals surface area contributed by atoms with Crippen LogP contribution in [0.3, 0.4) is 0 Å². The Morgan fingerprint density at radius 3 is 2.80 bits per heavy atom. The van der Waals surface area contributed by atoms with Crippen molar-refractivity contribution in [2.24, 2.45) is 17.8 Å². The van der Waals surface area contributed by atoms with Gasteiger partial charge in [0.25, 0.3) is 0 Å². The Morgan fingerprint density at radius 2 is 2.20 bits per heavy atom. The van der Waals surface area contributed by atoms with Crippen LogP contribution in [-0.4, -0.2) is 23.8 Å². The Bertz CT molecular complexity index is 235. The lowest BCUT2D eigenvalue weighted by atomic mass is 9.78. The van der Waals surface area contributed by atoms with Gasteiger partial charge in [-0.15, -0.1) is 0 Å². The second kappa shape index (κ2) is 3.74. The second-order valence-corrected chi connectivity index (χ2v) is 6.14. The fraction of sp³-hybridized carbons (Fsp3) is 1.00. The smallest absolute Gasteiger partial charge is 0.0774 e. The third-order valence-electron chi connectivity index (χ3n) is 4.98. The average molecular weight is 209 g/mol. The maximum atomic E-state index is 10.5. The van der Waals surface area contributed by atoms with Crippen molar-refractivity contribution in [2.75, 3.05) is 13.1 Å². The van der Waals surface area contributed by atoms with Gasteiger partial charge >= 0.3 is 0 Å². The van der Waals surface area contributed by atoms with Gasteiger partial charge in [0.1, 0.15) is 0 Å². The molecule has 1 heterocycles. The standard InChI is InChI=1S/C13H23NO/c15-13(4-1-5-14-9-13)8-12-7-10-2-3-11(12)6-10/h10-12,14-15H,1-9H2. The van der Waals surface area contributed by atoms with E-state index in [0.29, 0.717) is 0 Å². The van der Waals surface area contributed by atoms with Gasteiger partial charge in [-0.2, -0.15) is 0 Å². The molecule has 3 fully saturated rings. The molecule has 0 aromatic carbocycles. The lowest BCUT2D eigenvalue weighted by Crippen LogP contribution is -2.47. The zero-order chi connectivity index (χ0) is 10.3. The molecule has 86 valence electrons. The van der Waals surface area contributed by atoms with E-state index < -0.39 is 0 Å². The molecular formula is C13H23NO. The lowest BCUT2D eigenvalue weighted by Gasteiger charge is -2.37. The molecule has 2 N–H and O–H groups in total. The van der Waals surface area contributed by atoms with E-state index in [1.165, 1.54) is 25.7 Å². The quantitative estimate of drug-likeness (QED) is 0.728. The summed E-state index contributed by atoms with van der Waals surface area (Å²) in [4.78, 5) is 0. The van der Waals surface area contributed by atoms with Gasteiger partial charge in [0, 0.05) is 6.54 Å². The summed E-state index contributed by atoms with van der Waals surface area (Å²) in [5.41, 5.74) is -0.368. The number of piperidine rings is 1. The zero-order valence-electron chi connectivity index (χ0n) is 9.54. The van der Waals surface area contributed by atoms with Gasteiger partial charge in [0.05, 0.1) is 5.60 Å². The largest absolute Gasteiger partial charge is 0.389 e. The van der Waals surface area contributed by atoms with Gasteiger partial charge in [0.2, 0.25) is 0 Å². The molecule has 2 saturated carbocycles. The van der Waals surface area contributed by atoms with Crippen molar-refractivity contribution in [1.82, 2.24) is 5.32 Å². The van der Waals surface area contributed by atoms with Crippen LogP contribution in [0, 0.1) is 17.8 Å². The number of β-amino-alcohol motifs (C(OH)–C–C–N with tert-alkyl or cyclic N) is 1. The molecule has 0 radical (unpaired) electrons. The molecule has 2 aliphatic carbocycles. The number of aliphatic hydroxyl groups is 1. The van der Waals surface area contributed by atoms with Crippen molar-refractivity contribution in [1.29, 1.82) is 0 Å². The lowest BCUT2D eigenvalue weighted by molar-refractivity contribution is -0.0128. The Labute approximate surface area is 92.4 Å². The Hall–Kier alpha value is -0.0800. The highest BCUT2D eigenvalue weighted by molar-refractivity contribution is 4.95. The molecule has 15 heavy (non-hydrogen) atoms. The first-order chi connectivity index (χ1) is 7.25. The maximum absolute atomic E-state index is 10.5. The summed E-state index contributed by atoms with van der Waals surface area (Å²) in [5, 5.41) is 13.8. The van der Waals surface area contributed by atoms with E-state index in [1.54, 1.807) is 0 Å². The van der Waals surface area contributed by atoms with Crippen molar-refractivity contribution in [3.05, 3.63) is 0 Å². The third-order valence-corrected chi connectivity index (χ3v) is 4.98. The Morgan fingerprint density at radius 1 is 1.27 bits per heavy atom. The number of fused-ring (bicyclic) bond motifs is 2. The molecule has 0 aromatic rings. The minimum absolute atomic E-state index is 0.368. The van der Waals surface area contributed by atoms with Crippen LogP contribution in [0.25, 0.3) is 0 Å². The first-order valence-corrected chi connectivity index (χ1v) is 6.68. The van der Waals surface area contributed by atoms with Crippen molar-refractivity contribution < 1.29 is 5.11 Å². The van der Waals surface area contributed by atoms with Crippen molar-refractivity contribution >= 4 is 0 Å². The summed E-state index contributed by atoms with van der Waals surface area (Å²) in [6.45, 7) is 1.93. The highest BCUT2D eigenvalue weighted by Gasteiger charge is 2.43. The van der Waals surface area contributed by atoms with Gasteiger partial charge in [-0.3, -0.25) is 0 Å². The van der Waals surface area contributed by atoms with Crippen molar-refractivity contribution in [2.45, 2.75) is 50.5 Å². The van der Waals surface area contributed by atoms with E-state index in [1.807, 2.05) is 0 Å². The van der Waals surface area contributed by atoms with Gasteiger partial charge in [-0.05, 0) is 62.8 Å². The third kappa shape index (κ3) is 1.94. The second-order valence-electron chi connectivity index (χ2n) is 6.14. The fourth-order valence-electron chi connectivity index (χ4n) is 4.24. The summed E-state index contributed by atoms with van der Waals surface area (Å²) in [6.07, 6.45) is 9.03. The molecule has 3 rings (SSSR count). The average Bonchev–Trinajstić information content (AvgIpc) is 2.79. The van der Waals surface area contributed by atoms with E-state index in [9.17, 15) is 5.11 Å². The molecule has 3 aliphatic rings. The minimum atomic E-state index is -0.368. The number of hydrogen-bond donors (Lipinski definition) is 2. The van der Waals surface area contributed by atoms with E-state index in [2.05, 4.69) is 5.32 Å². The van der Waals surface area contributed by atoms with Crippen LogP contribution < -0.4 is 5.32 Å². The molecule has 1 saturated heterocycles. The molecule has 0 spiro atoms. The first kappa shape index (κ1) is 10.1. The van der Waals surface area contributed by atoms with Gasteiger partial charge in [-0.1, -0.05) is 6.42 Å². The highest BCUT2D eigenvalue weighted by Crippen LogP contribution is 2.51. The SMILES string of the molecule is OC1(CC2CC3CCC2C3)CCCNC1. The first-order valence-electron chi connectivity index (χ1n) is 6.68. The van der Waals surface area contributed by atoms with Crippen LogP contribution in [0.15, 0.2) is 0 Å². The fourth-order valence-corrected chi connectivity index (χ4v) is 4.24. The van der Waals surface area contributed by atoms with Crippen LogP contribution in [0.2, 0.25) is 0 Å². The van der Waals surface area contributed by atoms with Crippen LogP contribution in [0.5, 0.6) is 0 Å². The van der Waals surface area contributed by atoms with Crippen LogP contribution in [0.4, 0.5) is 0 Å². The van der Waals surface area contributed by atoms with E-state index in [-0.39, 0.29) is 5.60 Å². The molecular weight excluding hydrogens is 186 g/mol. The zero-order valence-corrected chi connectivity index (χ0v) is 9.54. The number of hydrogen-bond acceptors (Lipinski definition) is 2. The predicted octanol–water partition coefficient (Wildman–Crippen LogP) is 1.93. The normalized spacial score (nSPS) is 49.8. The Kier molecular flexibility index (Phi) is 2.52. The number of rotatable bonds is 2. The van der Waals surface area contributed by atoms with Gasteiger partial charge in [-0.25, -0.2) is 0 Å². The van der Waals surface area contributed by atoms with Crippen LogP contribution in [-0.2, 0) is 0 Å². The van der Waals surface area contributed by atoms with Gasteiger partial charge < -0.3 is 10.4 Å². The van der Waals surface area contributed by atoms with Crippen molar-refractivity contribution in [3.8, 4) is 0 Å².